The Morgan fingerprint density at radius 3 is 1.62 bits per heavy atom. The lowest BCUT2D eigenvalue weighted by Gasteiger charge is -2.28. The van der Waals surface area contributed by atoms with Crippen LogP contribution in [0.15, 0.2) is 0 Å². The van der Waals surface area contributed by atoms with Gasteiger partial charge in [0.1, 0.15) is 18.1 Å². The lowest BCUT2D eigenvalue weighted by atomic mass is 9.96. The smallest absolute Gasteiger partial charge is 0.326 e. The van der Waals surface area contributed by atoms with Crippen molar-refractivity contribution < 1.29 is 44.1 Å². The molecule has 0 aromatic heterocycles. The van der Waals surface area contributed by atoms with E-state index in [4.69, 9.17) is 15.9 Å². The number of amides is 3. The Labute approximate surface area is 197 Å². The van der Waals surface area contributed by atoms with Gasteiger partial charge in [-0.3, -0.25) is 24.0 Å². The minimum absolute atomic E-state index is 0.200. The summed E-state index contributed by atoms with van der Waals surface area (Å²) in [7, 11) is 0. The van der Waals surface area contributed by atoms with Crippen LogP contribution in [0.5, 0.6) is 0 Å². The molecular formula is C21H36N4O9. The zero-order valence-corrected chi connectivity index (χ0v) is 19.9. The summed E-state index contributed by atoms with van der Waals surface area (Å²) in [6.45, 7) is 6.95. The summed E-state index contributed by atoms with van der Waals surface area (Å²) < 4.78 is 0. The van der Waals surface area contributed by atoms with Gasteiger partial charge in [0, 0.05) is 12.8 Å². The van der Waals surface area contributed by atoms with E-state index < -0.39 is 79.1 Å². The van der Waals surface area contributed by atoms with Crippen molar-refractivity contribution in [2.45, 2.75) is 84.0 Å². The summed E-state index contributed by atoms with van der Waals surface area (Å²) in [6.07, 6.45) is -1.32. The van der Waals surface area contributed by atoms with Crippen LogP contribution in [-0.4, -0.2) is 75.1 Å². The number of hydrogen-bond donors (Lipinski definition) is 7. The molecule has 5 unspecified atom stereocenters. The maximum Gasteiger partial charge on any atom is 0.326 e. The molecule has 0 aromatic rings. The van der Waals surface area contributed by atoms with Crippen LogP contribution < -0.4 is 21.7 Å². The van der Waals surface area contributed by atoms with E-state index in [1.54, 1.807) is 27.7 Å². The molecule has 8 N–H and O–H groups in total. The molecule has 0 saturated heterocycles. The van der Waals surface area contributed by atoms with E-state index in [0.717, 1.165) is 0 Å². The van der Waals surface area contributed by atoms with Crippen LogP contribution in [0.25, 0.3) is 0 Å². The minimum atomic E-state index is -1.55. The molecule has 0 bridgehead atoms. The predicted molar refractivity (Wildman–Crippen MR) is 119 cm³/mol. The first-order valence-corrected chi connectivity index (χ1v) is 11.0. The van der Waals surface area contributed by atoms with Crippen molar-refractivity contribution in [3.8, 4) is 0 Å². The van der Waals surface area contributed by atoms with Crippen molar-refractivity contribution in [1.82, 2.24) is 16.0 Å². The van der Waals surface area contributed by atoms with Crippen molar-refractivity contribution >= 4 is 35.6 Å². The highest BCUT2D eigenvalue weighted by Crippen LogP contribution is 2.11. The van der Waals surface area contributed by atoms with Crippen LogP contribution in [0.3, 0.4) is 0 Å². The Kier molecular flexibility index (Phi) is 13.4. The van der Waals surface area contributed by atoms with E-state index in [1.165, 1.54) is 0 Å². The maximum atomic E-state index is 13.0. The average Bonchev–Trinajstić information content (AvgIpc) is 2.75. The predicted octanol–water partition coefficient (Wildman–Crippen LogP) is -0.716. The van der Waals surface area contributed by atoms with Gasteiger partial charge < -0.3 is 37.0 Å². The van der Waals surface area contributed by atoms with Crippen molar-refractivity contribution in [1.29, 1.82) is 0 Å². The van der Waals surface area contributed by atoms with Crippen molar-refractivity contribution in [2.24, 2.45) is 17.6 Å². The summed E-state index contributed by atoms with van der Waals surface area (Å²) in [5.74, 6) is -6.87. The highest BCUT2D eigenvalue weighted by molar-refractivity contribution is 5.94. The van der Waals surface area contributed by atoms with Crippen LogP contribution in [0.2, 0.25) is 0 Å². The second-order valence-electron chi connectivity index (χ2n) is 8.47. The highest BCUT2D eigenvalue weighted by Gasteiger charge is 2.33. The highest BCUT2D eigenvalue weighted by atomic mass is 16.4. The van der Waals surface area contributed by atoms with Gasteiger partial charge in [0.2, 0.25) is 17.7 Å². The molecule has 34 heavy (non-hydrogen) atoms. The molecule has 0 fully saturated rings. The molecule has 0 heterocycles. The van der Waals surface area contributed by atoms with Gasteiger partial charge in [0.05, 0.1) is 6.04 Å². The Bertz CT molecular complexity index is 757. The molecule has 194 valence electrons. The number of nitrogens with two attached hydrogens (primary N) is 1. The van der Waals surface area contributed by atoms with Gasteiger partial charge in [0.25, 0.3) is 0 Å². The SMILES string of the molecule is CCC(C)C(NC(=O)C(N)C(C)C)C(=O)NC(CCC(=O)O)C(=O)NC(CCC(=O)O)C(=O)O. The van der Waals surface area contributed by atoms with Crippen LogP contribution in [0.4, 0.5) is 0 Å². The number of aliphatic carboxylic acids is 3. The van der Waals surface area contributed by atoms with E-state index in [9.17, 15) is 33.9 Å². The molecule has 13 heteroatoms. The molecule has 5 atom stereocenters. The van der Waals surface area contributed by atoms with E-state index in [2.05, 4.69) is 16.0 Å². The maximum absolute atomic E-state index is 13.0. The number of carbonyl (C=O) groups excluding carboxylic acids is 3. The molecule has 0 aromatic carbocycles. The third-order valence-electron chi connectivity index (χ3n) is 5.36. The molecule has 3 amide bonds. The van der Waals surface area contributed by atoms with Gasteiger partial charge >= 0.3 is 17.9 Å². The molecule has 0 radical (unpaired) electrons. The number of hydrogen-bond acceptors (Lipinski definition) is 7. The van der Waals surface area contributed by atoms with Gasteiger partial charge in [-0.15, -0.1) is 0 Å². The van der Waals surface area contributed by atoms with Crippen LogP contribution in [0, 0.1) is 11.8 Å². The van der Waals surface area contributed by atoms with Crippen LogP contribution in [0.1, 0.15) is 59.8 Å². The van der Waals surface area contributed by atoms with E-state index in [0.29, 0.717) is 6.42 Å². The topological polar surface area (TPSA) is 225 Å². The molecule has 0 aliphatic heterocycles. The van der Waals surface area contributed by atoms with Crippen molar-refractivity contribution in [3.63, 3.8) is 0 Å². The fourth-order valence-electron chi connectivity index (χ4n) is 2.85. The quantitative estimate of drug-likeness (QED) is 0.144. The summed E-state index contributed by atoms with van der Waals surface area (Å²) in [4.78, 5) is 71.2. The average molecular weight is 489 g/mol. The van der Waals surface area contributed by atoms with E-state index in [-0.39, 0.29) is 18.3 Å². The van der Waals surface area contributed by atoms with Gasteiger partial charge in [-0.25, -0.2) is 4.79 Å². The zero-order chi connectivity index (χ0) is 26.6. The van der Waals surface area contributed by atoms with Gasteiger partial charge in [0.15, 0.2) is 0 Å². The minimum Gasteiger partial charge on any atom is -0.481 e. The molecule has 0 rings (SSSR count). The van der Waals surface area contributed by atoms with Crippen LogP contribution >= 0.6 is 0 Å². The van der Waals surface area contributed by atoms with E-state index >= 15 is 0 Å². The van der Waals surface area contributed by atoms with Crippen LogP contribution in [-0.2, 0) is 28.8 Å². The number of carbonyl (C=O) groups is 6. The zero-order valence-electron chi connectivity index (χ0n) is 19.9. The normalized spacial score (nSPS) is 15.4. The summed E-state index contributed by atoms with van der Waals surface area (Å²) in [5.41, 5.74) is 5.84. The second kappa shape index (κ2) is 14.8. The molecular weight excluding hydrogens is 452 g/mol. The van der Waals surface area contributed by atoms with Gasteiger partial charge in [-0.1, -0.05) is 34.1 Å². The third kappa shape index (κ3) is 11.1. The van der Waals surface area contributed by atoms with Gasteiger partial charge in [-0.2, -0.15) is 0 Å². The Morgan fingerprint density at radius 2 is 1.21 bits per heavy atom. The molecule has 0 spiro atoms. The standard InChI is InChI=1S/C21H36N4O9/c1-5-11(4)17(25-19(31)16(22)10(2)3)20(32)23-12(6-8-14(26)27)18(30)24-13(21(33)34)7-9-15(28)29/h10-13,16-17H,5-9,22H2,1-4H3,(H,23,32)(H,24,30)(H,25,31)(H,26,27)(H,28,29)(H,33,34). The number of nitrogens with one attached hydrogen (secondary N) is 3. The summed E-state index contributed by atoms with van der Waals surface area (Å²) >= 11 is 0. The Balaban J connectivity index is 5.64. The first-order valence-electron chi connectivity index (χ1n) is 11.0. The molecule has 0 saturated carbocycles. The number of carboxylic acid groups (broad SMARTS) is 3. The second-order valence-corrected chi connectivity index (χ2v) is 8.47. The monoisotopic (exact) mass is 488 g/mol. The lowest BCUT2D eigenvalue weighted by Crippen LogP contribution is -2.59. The number of rotatable bonds is 16. The molecule has 0 aliphatic carbocycles. The Morgan fingerprint density at radius 1 is 0.735 bits per heavy atom. The Hall–Kier alpha value is -3.22. The molecule has 0 aliphatic rings. The van der Waals surface area contributed by atoms with E-state index in [1.807, 2.05) is 0 Å². The van der Waals surface area contributed by atoms with Crippen molar-refractivity contribution in [3.05, 3.63) is 0 Å². The summed E-state index contributed by atoms with van der Waals surface area (Å²) in [6, 6.07) is -4.94. The van der Waals surface area contributed by atoms with Gasteiger partial charge in [-0.05, 0) is 24.7 Å². The lowest BCUT2D eigenvalue weighted by molar-refractivity contribution is -0.144. The summed E-state index contributed by atoms with van der Waals surface area (Å²) in [5, 5.41) is 34.1. The first-order chi connectivity index (χ1) is 15.7. The molecule has 13 nitrogen and oxygen atoms in total. The third-order valence-corrected chi connectivity index (χ3v) is 5.36. The number of carboxylic acids is 3. The van der Waals surface area contributed by atoms with Crippen molar-refractivity contribution in [2.75, 3.05) is 0 Å². The fraction of sp³-hybridized carbons (Fsp3) is 0.714. The largest absolute Gasteiger partial charge is 0.481 e. The fourth-order valence-corrected chi connectivity index (χ4v) is 2.85. The first kappa shape index (κ1) is 30.8.